The molecule has 1 N–H and O–H groups in total. The Balaban J connectivity index is 1.39. The Morgan fingerprint density at radius 3 is 2.53 bits per heavy atom. The van der Waals surface area contributed by atoms with Crippen LogP contribution in [-0.2, 0) is 32.5 Å². The fraction of sp³-hybridized carbons (Fsp3) is 0.458. The third-order valence-corrected chi connectivity index (χ3v) is 10.2. The third kappa shape index (κ3) is 5.39. The monoisotopic (exact) mass is 548 g/mol. The van der Waals surface area contributed by atoms with Crippen LogP contribution in [0.1, 0.15) is 35.8 Å². The Morgan fingerprint density at radius 1 is 1.22 bits per heavy atom. The summed E-state index contributed by atoms with van der Waals surface area (Å²) in [4.78, 5) is 28.8. The summed E-state index contributed by atoms with van der Waals surface area (Å²) < 4.78 is 32.5. The average Bonchev–Trinajstić information content (AvgIpc) is 3.24. The summed E-state index contributed by atoms with van der Waals surface area (Å²) in [7, 11) is -3.62. The molecule has 0 radical (unpaired) electrons. The summed E-state index contributed by atoms with van der Waals surface area (Å²) in [5.41, 5.74) is 1.31. The van der Waals surface area contributed by atoms with Crippen molar-refractivity contribution in [1.29, 1.82) is 5.26 Å². The molecule has 0 bridgehead atoms. The fourth-order valence-electron chi connectivity index (χ4n) is 4.45. The molecule has 0 atom stereocenters. The zero-order chi connectivity index (χ0) is 25.9. The van der Waals surface area contributed by atoms with Crippen molar-refractivity contribution < 1.29 is 22.7 Å². The smallest absolute Gasteiger partial charge is 0.410 e. The molecule has 2 amide bonds. The lowest BCUT2D eigenvalue weighted by atomic mass is 9.97. The Bertz CT molecular complexity index is 1280. The van der Waals surface area contributed by atoms with E-state index >= 15 is 0 Å². The molecule has 9 nitrogen and oxygen atoms in total. The molecular weight excluding hydrogens is 520 g/mol. The maximum absolute atomic E-state index is 13.0. The molecule has 3 heterocycles. The van der Waals surface area contributed by atoms with Gasteiger partial charge in [0.15, 0.2) is 0 Å². The van der Waals surface area contributed by atoms with Gasteiger partial charge in [0.2, 0.25) is 15.9 Å². The van der Waals surface area contributed by atoms with Gasteiger partial charge in [0, 0.05) is 35.3 Å². The molecule has 2 aliphatic rings. The summed E-state index contributed by atoms with van der Waals surface area (Å²) in [5.74, 6) is -0.564. The topological polar surface area (TPSA) is 120 Å². The highest BCUT2D eigenvalue weighted by Crippen LogP contribution is 2.37. The number of rotatable bonds is 6. The van der Waals surface area contributed by atoms with E-state index < -0.39 is 10.0 Å². The van der Waals surface area contributed by atoms with E-state index in [1.807, 2.05) is 6.26 Å². The van der Waals surface area contributed by atoms with Crippen LogP contribution in [-0.4, -0.2) is 62.1 Å². The summed E-state index contributed by atoms with van der Waals surface area (Å²) in [6.07, 6.45) is 2.87. The molecule has 192 valence electrons. The molecule has 0 saturated carbocycles. The third-order valence-electron chi connectivity index (χ3n) is 6.45. The number of piperidine rings is 1. The predicted octanol–water partition coefficient (Wildman–Crippen LogP) is 3.90. The first-order chi connectivity index (χ1) is 17.3. The molecule has 1 fully saturated rings. The van der Waals surface area contributed by atoms with Gasteiger partial charge in [-0.2, -0.15) is 9.57 Å². The maximum Gasteiger partial charge on any atom is 0.410 e. The number of thioether (sulfide) groups is 1. The molecule has 2 aliphatic heterocycles. The highest BCUT2D eigenvalue weighted by molar-refractivity contribution is 7.98. The van der Waals surface area contributed by atoms with Crippen LogP contribution in [0.5, 0.6) is 0 Å². The second-order valence-electron chi connectivity index (χ2n) is 8.53. The summed E-state index contributed by atoms with van der Waals surface area (Å²) >= 11 is 2.86. The van der Waals surface area contributed by atoms with Crippen LogP contribution in [0.3, 0.4) is 0 Å². The number of nitrogens with zero attached hydrogens (tertiary/aromatic N) is 3. The zero-order valence-electron chi connectivity index (χ0n) is 20.2. The van der Waals surface area contributed by atoms with E-state index in [2.05, 4.69) is 11.4 Å². The highest BCUT2D eigenvalue weighted by Gasteiger charge is 2.33. The fourth-order valence-corrected chi connectivity index (χ4v) is 7.54. The number of benzene rings is 1. The molecule has 2 aromatic rings. The van der Waals surface area contributed by atoms with Gasteiger partial charge in [-0.1, -0.05) is 0 Å². The van der Waals surface area contributed by atoms with Gasteiger partial charge in [-0.3, -0.25) is 4.79 Å². The normalized spacial score (nSPS) is 16.8. The number of fused-ring (bicyclic) bond motifs is 1. The van der Waals surface area contributed by atoms with Crippen LogP contribution in [0.25, 0.3) is 0 Å². The number of nitrogens with one attached hydrogen (secondary N) is 1. The summed E-state index contributed by atoms with van der Waals surface area (Å²) in [6, 6.07) is 9.02. The molecule has 0 spiro atoms. The molecule has 1 saturated heterocycles. The molecular formula is C24H28N4O5S3. The minimum absolute atomic E-state index is 0.214. The molecule has 1 aromatic carbocycles. The minimum Gasteiger partial charge on any atom is -0.450 e. The standard InChI is InChI=1S/C24H28N4O5S3/c1-3-33-24(30)27-11-10-19-20(14-25)23(35-21(19)15-27)26-22(29)16-8-12-28(13-9-16)36(31,32)18-6-4-17(34-2)5-7-18/h4-7,16H,3,8-13,15H2,1-2H3,(H,26,29). The van der Waals surface area contributed by atoms with Gasteiger partial charge in [-0.15, -0.1) is 23.1 Å². The highest BCUT2D eigenvalue weighted by atomic mass is 32.2. The Labute approximate surface area is 219 Å². The van der Waals surface area contributed by atoms with E-state index in [9.17, 15) is 23.3 Å². The lowest BCUT2D eigenvalue weighted by molar-refractivity contribution is -0.120. The van der Waals surface area contributed by atoms with Crippen molar-refractivity contribution in [1.82, 2.24) is 9.21 Å². The average molecular weight is 549 g/mol. The van der Waals surface area contributed by atoms with Crippen molar-refractivity contribution in [2.45, 2.75) is 42.5 Å². The number of sulfonamides is 1. The summed E-state index contributed by atoms with van der Waals surface area (Å²) in [6.45, 7) is 3.36. The lowest BCUT2D eigenvalue weighted by Gasteiger charge is -2.30. The van der Waals surface area contributed by atoms with E-state index in [1.165, 1.54) is 15.6 Å². The molecule has 4 rings (SSSR count). The first-order valence-corrected chi connectivity index (χ1v) is 15.2. The first-order valence-electron chi connectivity index (χ1n) is 11.7. The molecule has 0 unspecified atom stereocenters. The molecule has 0 aliphatic carbocycles. The quantitative estimate of drug-likeness (QED) is 0.544. The Hall–Kier alpha value is -2.59. The van der Waals surface area contributed by atoms with Gasteiger partial charge in [0.25, 0.3) is 0 Å². The van der Waals surface area contributed by atoms with Crippen molar-refractivity contribution in [2.24, 2.45) is 5.92 Å². The minimum atomic E-state index is -3.62. The van der Waals surface area contributed by atoms with Gasteiger partial charge in [-0.05, 0) is 62.3 Å². The number of ether oxygens (including phenoxy) is 1. The van der Waals surface area contributed by atoms with E-state index in [4.69, 9.17) is 4.74 Å². The van der Waals surface area contributed by atoms with Crippen LogP contribution in [0.4, 0.5) is 9.80 Å². The number of hydrogen-bond donors (Lipinski definition) is 1. The van der Waals surface area contributed by atoms with Crippen molar-refractivity contribution in [3.8, 4) is 6.07 Å². The number of carbonyl (C=O) groups excluding carboxylic acids is 2. The van der Waals surface area contributed by atoms with Gasteiger partial charge in [-0.25, -0.2) is 13.2 Å². The number of anilines is 1. The largest absolute Gasteiger partial charge is 0.450 e. The Kier molecular flexibility index (Phi) is 8.24. The van der Waals surface area contributed by atoms with Crippen molar-refractivity contribution >= 4 is 50.1 Å². The zero-order valence-corrected chi connectivity index (χ0v) is 22.6. The molecule has 36 heavy (non-hydrogen) atoms. The Morgan fingerprint density at radius 2 is 1.92 bits per heavy atom. The van der Waals surface area contributed by atoms with Gasteiger partial charge >= 0.3 is 6.09 Å². The van der Waals surface area contributed by atoms with E-state index in [0.717, 1.165) is 15.3 Å². The second-order valence-corrected chi connectivity index (χ2v) is 12.5. The SMILES string of the molecule is CCOC(=O)N1CCc2c(sc(NC(=O)C3CCN(S(=O)(=O)c4ccc(SC)cc4)CC3)c2C#N)C1. The van der Waals surface area contributed by atoms with Gasteiger partial charge < -0.3 is 15.0 Å². The van der Waals surface area contributed by atoms with E-state index in [0.29, 0.717) is 49.5 Å². The first kappa shape index (κ1) is 26.5. The predicted molar refractivity (Wildman–Crippen MR) is 139 cm³/mol. The van der Waals surface area contributed by atoms with Gasteiger partial charge in [0.05, 0.1) is 23.6 Å². The molecule has 12 heteroatoms. The number of thiophene rings is 1. The van der Waals surface area contributed by atoms with E-state index in [1.54, 1.807) is 47.9 Å². The van der Waals surface area contributed by atoms with Crippen LogP contribution >= 0.6 is 23.1 Å². The van der Waals surface area contributed by atoms with Crippen LogP contribution < -0.4 is 5.32 Å². The molecule has 1 aromatic heterocycles. The number of nitriles is 1. The maximum atomic E-state index is 13.0. The van der Waals surface area contributed by atoms with E-state index in [-0.39, 0.29) is 35.9 Å². The van der Waals surface area contributed by atoms with Crippen molar-refractivity contribution in [3.05, 3.63) is 40.3 Å². The lowest BCUT2D eigenvalue weighted by Crippen LogP contribution is -2.41. The van der Waals surface area contributed by atoms with Crippen LogP contribution in [0, 0.1) is 17.2 Å². The van der Waals surface area contributed by atoms with Crippen molar-refractivity contribution in [3.63, 3.8) is 0 Å². The second kappa shape index (κ2) is 11.2. The van der Waals surface area contributed by atoms with Crippen molar-refractivity contribution in [2.75, 3.05) is 37.8 Å². The van der Waals surface area contributed by atoms with Gasteiger partial charge in [0.1, 0.15) is 11.1 Å². The van der Waals surface area contributed by atoms with Crippen LogP contribution in [0.2, 0.25) is 0 Å². The number of hydrogen-bond acceptors (Lipinski definition) is 8. The summed E-state index contributed by atoms with van der Waals surface area (Å²) in [5, 5.41) is 13.1. The van der Waals surface area contributed by atoms with Crippen LogP contribution in [0.15, 0.2) is 34.1 Å². The number of amides is 2. The number of carbonyl (C=O) groups is 2.